The Kier molecular flexibility index (Phi) is 5.21. The lowest BCUT2D eigenvalue weighted by molar-refractivity contribution is 0.174. The van der Waals surface area contributed by atoms with E-state index in [1.54, 1.807) is 17.4 Å². The maximum Gasteiger partial charge on any atom is 0.321 e. The number of piperidine rings is 1. The highest BCUT2D eigenvalue weighted by Gasteiger charge is 2.23. The lowest BCUT2D eigenvalue weighted by atomic mass is 9.99. The zero-order chi connectivity index (χ0) is 17.9. The van der Waals surface area contributed by atoms with E-state index in [1.165, 1.54) is 0 Å². The van der Waals surface area contributed by atoms with E-state index >= 15 is 0 Å². The van der Waals surface area contributed by atoms with Crippen LogP contribution >= 0.6 is 23.1 Å². The largest absolute Gasteiger partial charge is 0.454 e. The van der Waals surface area contributed by atoms with Crippen molar-refractivity contribution in [1.29, 1.82) is 0 Å². The van der Waals surface area contributed by atoms with Gasteiger partial charge in [0.1, 0.15) is 4.34 Å². The minimum Gasteiger partial charge on any atom is -0.454 e. The number of hydrogen-bond donors (Lipinski definition) is 1. The molecular weight excluding hydrogens is 370 g/mol. The number of ether oxygens (including phenoxy) is 2. The van der Waals surface area contributed by atoms with Gasteiger partial charge in [0.2, 0.25) is 6.79 Å². The third kappa shape index (κ3) is 4.07. The third-order valence-electron chi connectivity index (χ3n) is 4.57. The molecule has 2 aliphatic heterocycles. The summed E-state index contributed by atoms with van der Waals surface area (Å²) in [5.74, 6) is 3.11. The van der Waals surface area contributed by atoms with E-state index in [0.717, 1.165) is 53.2 Å². The second-order valence-corrected chi connectivity index (χ2v) is 8.62. The van der Waals surface area contributed by atoms with Crippen molar-refractivity contribution < 1.29 is 14.3 Å². The number of thioether (sulfide) groups is 1. The van der Waals surface area contributed by atoms with Gasteiger partial charge in [-0.1, -0.05) is 11.8 Å². The van der Waals surface area contributed by atoms with E-state index in [2.05, 4.69) is 15.7 Å². The van der Waals surface area contributed by atoms with Gasteiger partial charge in [-0.2, -0.15) is 0 Å². The zero-order valence-electron chi connectivity index (χ0n) is 14.6. The molecule has 2 amide bonds. The molecule has 2 aromatic rings. The van der Waals surface area contributed by atoms with E-state index in [1.807, 2.05) is 35.7 Å². The second-order valence-electron chi connectivity index (χ2n) is 6.49. The fraction of sp³-hybridized carbons (Fsp3) is 0.444. The van der Waals surface area contributed by atoms with Crippen LogP contribution in [0.15, 0.2) is 27.9 Å². The highest BCUT2D eigenvalue weighted by molar-refractivity contribution is 8.01. The second kappa shape index (κ2) is 7.75. The molecule has 0 bridgehead atoms. The van der Waals surface area contributed by atoms with Gasteiger partial charge >= 0.3 is 6.03 Å². The monoisotopic (exact) mass is 391 g/mol. The summed E-state index contributed by atoms with van der Waals surface area (Å²) in [5.41, 5.74) is 1.82. The molecule has 0 radical (unpaired) electrons. The molecule has 6 nitrogen and oxygen atoms in total. The number of thiazole rings is 1. The number of aromatic nitrogens is 1. The van der Waals surface area contributed by atoms with Crippen LogP contribution in [0.2, 0.25) is 0 Å². The van der Waals surface area contributed by atoms with Crippen molar-refractivity contribution >= 4 is 34.8 Å². The van der Waals surface area contributed by atoms with E-state index in [9.17, 15) is 4.79 Å². The van der Waals surface area contributed by atoms with Crippen molar-refractivity contribution in [3.63, 3.8) is 0 Å². The molecule has 4 rings (SSSR count). The maximum absolute atomic E-state index is 12.5. The average Bonchev–Trinajstić information content (AvgIpc) is 3.28. The van der Waals surface area contributed by atoms with Gasteiger partial charge in [0.05, 0.1) is 0 Å². The number of urea groups is 1. The fourth-order valence-corrected chi connectivity index (χ4v) is 5.13. The molecule has 0 atom stereocenters. The number of hydrogen-bond acceptors (Lipinski definition) is 6. The molecule has 26 heavy (non-hydrogen) atoms. The summed E-state index contributed by atoms with van der Waals surface area (Å²) < 4.78 is 11.8. The quantitative estimate of drug-likeness (QED) is 0.791. The number of anilines is 1. The summed E-state index contributed by atoms with van der Waals surface area (Å²) in [7, 11) is 0. The number of nitrogens with one attached hydrogen (secondary N) is 1. The summed E-state index contributed by atoms with van der Waals surface area (Å²) in [5, 5.41) is 5.04. The first-order chi connectivity index (χ1) is 12.7. The first-order valence-electron chi connectivity index (χ1n) is 8.68. The Morgan fingerprint density at radius 3 is 2.92 bits per heavy atom. The molecule has 2 aliphatic rings. The number of amides is 2. The molecule has 138 valence electrons. The summed E-state index contributed by atoms with van der Waals surface area (Å²) in [6.07, 6.45) is 2.07. The van der Waals surface area contributed by atoms with Crippen molar-refractivity contribution in [2.75, 3.05) is 31.0 Å². The number of likely N-dealkylation sites (tertiary alicyclic amines) is 1. The molecule has 8 heteroatoms. The molecule has 3 heterocycles. The Balaban J connectivity index is 1.24. The van der Waals surface area contributed by atoms with Gasteiger partial charge in [0.25, 0.3) is 0 Å². The molecule has 1 aromatic carbocycles. The molecular formula is C18H21N3O3S2. The summed E-state index contributed by atoms with van der Waals surface area (Å²) in [6.45, 7) is 3.84. The minimum absolute atomic E-state index is 0.0504. The summed E-state index contributed by atoms with van der Waals surface area (Å²) in [6, 6.07) is 5.41. The fourth-order valence-electron chi connectivity index (χ4n) is 3.07. The van der Waals surface area contributed by atoms with Gasteiger partial charge in [-0.25, -0.2) is 9.78 Å². The molecule has 1 fully saturated rings. The number of benzene rings is 1. The topological polar surface area (TPSA) is 63.7 Å². The van der Waals surface area contributed by atoms with E-state index in [-0.39, 0.29) is 12.8 Å². The van der Waals surface area contributed by atoms with Crippen LogP contribution < -0.4 is 14.8 Å². The van der Waals surface area contributed by atoms with Gasteiger partial charge in [-0.15, -0.1) is 11.3 Å². The Morgan fingerprint density at radius 2 is 2.15 bits per heavy atom. The van der Waals surface area contributed by atoms with E-state index < -0.39 is 0 Å². The minimum atomic E-state index is -0.0504. The van der Waals surface area contributed by atoms with Gasteiger partial charge in [-0.05, 0) is 37.8 Å². The van der Waals surface area contributed by atoms with E-state index in [4.69, 9.17) is 9.47 Å². The van der Waals surface area contributed by atoms with Crippen molar-refractivity contribution in [3.8, 4) is 11.5 Å². The normalized spacial score (nSPS) is 16.7. The van der Waals surface area contributed by atoms with Gasteiger partial charge < -0.3 is 19.7 Å². The van der Waals surface area contributed by atoms with Crippen LogP contribution in [0.1, 0.15) is 18.5 Å². The SMILES string of the molecule is Cc1csc(SCC2CCN(C(=O)Nc3ccc4c(c3)OCO4)CC2)n1. The highest BCUT2D eigenvalue weighted by Crippen LogP contribution is 2.34. The van der Waals surface area contributed by atoms with Crippen molar-refractivity contribution in [1.82, 2.24) is 9.88 Å². The van der Waals surface area contributed by atoms with Crippen LogP contribution in [0.5, 0.6) is 11.5 Å². The average molecular weight is 392 g/mol. The van der Waals surface area contributed by atoms with Crippen LogP contribution in [0.25, 0.3) is 0 Å². The molecule has 1 N–H and O–H groups in total. The first kappa shape index (κ1) is 17.5. The van der Waals surface area contributed by atoms with Gasteiger partial charge in [-0.3, -0.25) is 0 Å². The Labute approximate surface area is 160 Å². The maximum atomic E-state index is 12.5. The van der Waals surface area contributed by atoms with Gasteiger partial charge in [0.15, 0.2) is 11.5 Å². The molecule has 0 saturated carbocycles. The van der Waals surface area contributed by atoms with E-state index in [0.29, 0.717) is 11.7 Å². The number of rotatable bonds is 4. The lowest BCUT2D eigenvalue weighted by Gasteiger charge is -2.31. The Hall–Kier alpha value is -1.93. The number of aryl methyl sites for hydroxylation is 1. The predicted molar refractivity (Wildman–Crippen MR) is 103 cm³/mol. The Bertz CT molecular complexity index is 788. The molecule has 0 unspecified atom stereocenters. The number of carbonyl (C=O) groups excluding carboxylic acids is 1. The molecule has 1 aromatic heterocycles. The van der Waals surface area contributed by atoms with Gasteiger partial charge in [0, 0.05) is 41.7 Å². The van der Waals surface area contributed by atoms with Crippen molar-refractivity contribution in [3.05, 3.63) is 29.3 Å². The van der Waals surface area contributed by atoms with Crippen LogP contribution in [0, 0.1) is 12.8 Å². The molecule has 0 spiro atoms. The first-order valence-corrected chi connectivity index (χ1v) is 10.5. The van der Waals surface area contributed by atoms with Crippen LogP contribution in [-0.4, -0.2) is 41.6 Å². The van der Waals surface area contributed by atoms with Crippen molar-refractivity contribution in [2.45, 2.75) is 24.1 Å². The molecule has 0 aliphatic carbocycles. The third-order valence-corrected chi connectivity index (χ3v) is 6.94. The highest BCUT2D eigenvalue weighted by atomic mass is 32.2. The number of carbonyl (C=O) groups is 1. The number of fused-ring (bicyclic) bond motifs is 1. The van der Waals surface area contributed by atoms with Crippen LogP contribution in [-0.2, 0) is 0 Å². The predicted octanol–water partition coefficient (Wildman–Crippen LogP) is 4.22. The van der Waals surface area contributed by atoms with Crippen molar-refractivity contribution in [2.24, 2.45) is 5.92 Å². The smallest absolute Gasteiger partial charge is 0.321 e. The lowest BCUT2D eigenvalue weighted by Crippen LogP contribution is -2.41. The zero-order valence-corrected chi connectivity index (χ0v) is 16.2. The summed E-state index contributed by atoms with van der Waals surface area (Å²) in [4.78, 5) is 18.9. The van der Waals surface area contributed by atoms with Crippen LogP contribution in [0.4, 0.5) is 10.5 Å². The molecule has 1 saturated heterocycles. The summed E-state index contributed by atoms with van der Waals surface area (Å²) >= 11 is 3.55. The number of nitrogens with zero attached hydrogens (tertiary/aromatic N) is 2. The van der Waals surface area contributed by atoms with Crippen LogP contribution in [0.3, 0.4) is 0 Å². The Morgan fingerprint density at radius 1 is 1.35 bits per heavy atom. The standard InChI is InChI=1S/C18H21N3O3S2/c1-12-9-25-18(19-12)26-10-13-4-6-21(7-5-13)17(22)20-14-2-3-15-16(8-14)24-11-23-15/h2-3,8-9,13H,4-7,10-11H2,1H3,(H,20,22).